The minimum absolute atomic E-state index is 0.000291. The van der Waals surface area contributed by atoms with Crippen molar-refractivity contribution < 1.29 is 13.9 Å². The molecular formula is C20H20FNO2. The van der Waals surface area contributed by atoms with Crippen LogP contribution in [0.4, 0.5) is 4.39 Å². The fraction of sp³-hybridized carbons (Fsp3) is 0.350. The molecule has 0 spiro atoms. The van der Waals surface area contributed by atoms with Crippen molar-refractivity contribution in [3.05, 3.63) is 71.5 Å². The van der Waals surface area contributed by atoms with Crippen LogP contribution in [0.25, 0.3) is 0 Å². The Kier molecular flexibility index (Phi) is 4.07. The van der Waals surface area contributed by atoms with Crippen LogP contribution in [-0.4, -0.2) is 18.1 Å². The minimum Gasteiger partial charge on any atom is -0.374 e. The van der Waals surface area contributed by atoms with Crippen LogP contribution in [0.5, 0.6) is 0 Å². The van der Waals surface area contributed by atoms with Gasteiger partial charge in [-0.1, -0.05) is 42.5 Å². The summed E-state index contributed by atoms with van der Waals surface area (Å²) in [5.74, 6) is -0.394. The first-order chi connectivity index (χ1) is 11.7. The highest BCUT2D eigenvalue weighted by Gasteiger charge is 2.44. The van der Waals surface area contributed by atoms with E-state index in [-0.39, 0.29) is 35.9 Å². The molecule has 1 N–H and O–H groups in total. The summed E-state index contributed by atoms with van der Waals surface area (Å²) in [6.07, 6.45) is 3.08. The predicted molar refractivity (Wildman–Crippen MR) is 88.8 cm³/mol. The van der Waals surface area contributed by atoms with E-state index in [1.807, 2.05) is 36.4 Å². The highest BCUT2D eigenvalue weighted by molar-refractivity contribution is 5.80. The Hall–Kier alpha value is -2.20. The van der Waals surface area contributed by atoms with Crippen LogP contribution in [0.1, 0.15) is 36.4 Å². The van der Waals surface area contributed by atoms with Crippen molar-refractivity contribution in [1.29, 1.82) is 0 Å². The van der Waals surface area contributed by atoms with E-state index in [1.165, 1.54) is 12.1 Å². The van der Waals surface area contributed by atoms with Gasteiger partial charge in [-0.15, -0.1) is 0 Å². The molecule has 3 nitrogen and oxygen atoms in total. The zero-order valence-electron chi connectivity index (χ0n) is 13.3. The number of fused-ring (bicyclic) bond motifs is 2. The SMILES string of the molecule is O=C(N[C@H](c1ccccc1)c1cccc(F)c1)[C@@H]1C[C@H]2CC[C@H]1O2. The Morgan fingerprint density at radius 2 is 1.88 bits per heavy atom. The van der Waals surface area contributed by atoms with Gasteiger partial charge in [0.25, 0.3) is 0 Å². The van der Waals surface area contributed by atoms with Gasteiger partial charge >= 0.3 is 0 Å². The Bertz CT molecular complexity index is 733. The molecule has 2 bridgehead atoms. The second-order valence-electron chi connectivity index (χ2n) is 6.62. The molecule has 2 fully saturated rings. The number of carbonyl (C=O) groups excluding carboxylic acids is 1. The Labute approximate surface area is 140 Å². The highest BCUT2D eigenvalue weighted by Crippen LogP contribution is 2.39. The average Bonchev–Trinajstić information content (AvgIpc) is 3.23. The second-order valence-corrected chi connectivity index (χ2v) is 6.62. The van der Waals surface area contributed by atoms with Crippen molar-refractivity contribution in [2.75, 3.05) is 0 Å². The van der Waals surface area contributed by atoms with Gasteiger partial charge in [0.15, 0.2) is 0 Å². The number of benzene rings is 2. The molecule has 2 aliphatic heterocycles. The van der Waals surface area contributed by atoms with E-state index in [1.54, 1.807) is 6.07 Å². The zero-order chi connectivity index (χ0) is 16.5. The molecule has 0 radical (unpaired) electrons. The number of hydrogen-bond acceptors (Lipinski definition) is 2. The third kappa shape index (κ3) is 2.94. The van der Waals surface area contributed by atoms with Crippen LogP contribution >= 0.6 is 0 Å². The number of rotatable bonds is 4. The predicted octanol–water partition coefficient (Wildman–Crippen LogP) is 3.60. The number of carbonyl (C=O) groups is 1. The van der Waals surface area contributed by atoms with E-state index in [0.29, 0.717) is 0 Å². The van der Waals surface area contributed by atoms with Crippen LogP contribution in [0.15, 0.2) is 54.6 Å². The summed E-state index contributed by atoms with van der Waals surface area (Å²) >= 11 is 0. The number of hydrogen-bond donors (Lipinski definition) is 1. The molecule has 2 saturated heterocycles. The molecule has 4 atom stereocenters. The molecule has 0 aliphatic carbocycles. The molecule has 124 valence electrons. The Morgan fingerprint density at radius 1 is 1.08 bits per heavy atom. The molecule has 4 heteroatoms. The molecule has 4 rings (SSSR count). The van der Waals surface area contributed by atoms with Crippen LogP contribution in [0, 0.1) is 11.7 Å². The van der Waals surface area contributed by atoms with E-state index in [9.17, 15) is 9.18 Å². The average molecular weight is 325 g/mol. The van der Waals surface area contributed by atoms with E-state index in [2.05, 4.69) is 5.32 Å². The molecule has 0 unspecified atom stereocenters. The summed E-state index contributed by atoms with van der Waals surface area (Å²) in [5.41, 5.74) is 1.69. The van der Waals surface area contributed by atoms with E-state index in [4.69, 9.17) is 4.74 Å². The van der Waals surface area contributed by atoms with Crippen LogP contribution < -0.4 is 5.32 Å². The molecule has 1 amide bonds. The lowest BCUT2D eigenvalue weighted by atomic mass is 9.88. The van der Waals surface area contributed by atoms with Gasteiger partial charge in [-0.05, 0) is 42.5 Å². The fourth-order valence-corrected chi connectivity index (χ4v) is 3.85. The number of ether oxygens (including phenoxy) is 1. The van der Waals surface area contributed by atoms with Crippen LogP contribution in [0.3, 0.4) is 0 Å². The summed E-state index contributed by atoms with van der Waals surface area (Å²) in [7, 11) is 0. The monoisotopic (exact) mass is 325 g/mol. The van der Waals surface area contributed by atoms with Crippen LogP contribution in [0.2, 0.25) is 0 Å². The highest BCUT2D eigenvalue weighted by atomic mass is 19.1. The topological polar surface area (TPSA) is 38.3 Å². The third-order valence-corrected chi connectivity index (χ3v) is 5.04. The molecule has 2 aromatic rings. The zero-order valence-corrected chi connectivity index (χ0v) is 13.3. The summed E-state index contributed by atoms with van der Waals surface area (Å²) in [6.45, 7) is 0. The summed E-state index contributed by atoms with van der Waals surface area (Å²) in [5, 5.41) is 3.12. The summed E-state index contributed by atoms with van der Waals surface area (Å²) in [4.78, 5) is 12.8. The van der Waals surface area contributed by atoms with Gasteiger partial charge in [0, 0.05) is 0 Å². The van der Waals surface area contributed by atoms with Gasteiger partial charge in [0.2, 0.25) is 5.91 Å². The maximum atomic E-state index is 13.7. The van der Waals surface area contributed by atoms with Gasteiger partial charge in [-0.3, -0.25) is 4.79 Å². The maximum Gasteiger partial charge on any atom is 0.226 e. The Balaban J connectivity index is 1.60. The largest absolute Gasteiger partial charge is 0.374 e. The summed E-state index contributed by atoms with van der Waals surface area (Å²) in [6, 6.07) is 15.7. The van der Waals surface area contributed by atoms with E-state index in [0.717, 1.165) is 30.4 Å². The number of amides is 1. The van der Waals surface area contributed by atoms with Gasteiger partial charge < -0.3 is 10.1 Å². The maximum absolute atomic E-state index is 13.7. The Morgan fingerprint density at radius 3 is 2.54 bits per heavy atom. The molecule has 0 aromatic heterocycles. The van der Waals surface area contributed by atoms with Crippen molar-refractivity contribution in [1.82, 2.24) is 5.32 Å². The molecule has 2 heterocycles. The first-order valence-electron chi connectivity index (χ1n) is 8.47. The number of halogens is 1. The lowest BCUT2D eigenvalue weighted by Crippen LogP contribution is -2.38. The van der Waals surface area contributed by atoms with E-state index >= 15 is 0 Å². The first-order valence-corrected chi connectivity index (χ1v) is 8.47. The van der Waals surface area contributed by atoms with Crippen molar-refractivity contribution in [3.63, 3.8) is 0 Å². The van der Waals surface area contributed by atoms with Gasteiger partial charge in [0.05, 0.1) is 24.2 Å². The fourth-order valence-electron chi connectivity index (χ4n) is 3.85. The molecule has 0 saturated carbocycles. The molecule has 2 aliphatic rings. The molecular weight excluding hydrogens is 305 g/mol. The molecule has 2 aromatic carbocycles. The minimum atomic E-state index is -0.353. The van der Waals surface area contributed by atoms with Gasteiger partial charge in [0.1, 0.15) is 5.82 Å². The lowest BCUT2D eigenvalue weighted by molar-refractivity contribution is -0.127. The smallest absolute Gasteiger partial charge is 0.226 e. The quantitative estimate of drug-likeness (QED) is 0.933. The van der Waals surface area contributed by atoms with Crippen LogP contribution in [-0.2, 0) is 9.53 Å². The van der Waals surface area contributed by atoms with Crippen molar-refractivity contribution in [3.8, 4) is 0 Å². The van der Waals surface area contributed by atoms with Gasteiger partial charge in [-0.25, -0.2) is 4.39 Å². The second kappa shape index (κ2) is 6.36. The summed E-state index contributed by atoms with van der Waals surface area (Å²) < 4.78 is 19.5. The van der Waals surface area contributed by atoms with E-state index < -0.39 is 0 Å². The number of nitrogens with one attached hydrogen (secondary N) is 1. The lowest BCUT2D eigenvalue weighted by Gasteiger charge is -2.24. The van der Waals surface area contributed by atoms with Crippen molar-refractivity contribution >= 4 is 5.91 Å². The molecule has 24 heavy (non-hydrogen) atoms. The normalized spacial score (nSPS) is 26.3. The third-order valence-electron chi connectivity index (χ3n) is 5.04. The van der Waals surface area contributed by atoms with Crippen molar-refractivity contribution in [2.45, 2.75) is 37.5 Å². The van der Waals surface area contributed by atoms with Crippen molar-refractivity contribution in [2.24, 2.45) is 5.92 Å². The first kappa shape index (κ1) is 15.3. The van der Waals surface area contributed by atoms with Gasteiger partial charge in [-0.2, -0.15) is 0 Å². The standard InChI is InChI=1S/C20H20FNO2/c21-15-8-4-7-14(11-15)19(13-5-2-1-3-6-13)22-20(23)17-12-16-9-10-18(17)24-16/h1-8,11,16-19H,9-10,12H2,(H,22,23)/t16-,17-,18-,19-/m1/s1.